The van der Waals surface area contributed by atoms with Gasteiger partial charge in [-0.15, -0.1) is 0 Å². The molecule has 0 bridgehead atoms. The zero-order valence-electron chi connectivity index (χ0n) is 11.4. The van der Waals surface area contributed by atoms with Gasteiger partial charge in [0.25, 0.3) is 0 Å². The van der Waals surface area contributed by atoms with Crippen molar-refractivity contribution in [1.29, 1.82) is 5.26 Å². The molecule has 0 aliphatic heterocycles. The van der Waals surface area contributed by atoms with E-state index >= 15 is 0 Å². The SMILES string of the molecule is CC(C)(C)NCC(O)COc1ccc(Cl)cc1C#N. The lowest BCUT2D eigenvalue weighted by atomic mass is 10.1. The van der Waals surface area contributed by atoms with Crippen molar-refractivity contribution < 1.29 is 9.84 Å². The number of hydrogen-bond acceptors (Lipinski definition) is 4. The van der Waals surface area contributed by atoms with Gasteiger partial charge in [-0.25, -0.2) is 0 Å². The molecule has 104 valence electrons. The average Bonchev–Trinajstić information content (AvgIpc) is 2.33. The van der Waals surface area contributed by atoms with Crippen LogP contribution in [-0.2, 0) is 0 Å². The number of halogens is 1. The molecular formula is C14H19ClN2O2. The van der Waals surface area contributed by atoms with Crippen LogP contribution < -0.4 is 10.1 Å². The molecule has 5 heteroatoms. The highest BCUT2D eigenvalue weighted by Gasteiger charge is 2.13. The van der Waals surface area contributed by atoms with Gasteiger partial charge < -0.3 is 15.2 Å². The number of aliphatic hydroxyl groups is 1. The fourth-order valence-corrected chi connectivity index (χ4v) is 1.56. The molecule has 1 aromatic carbocycles. The fraction of sp³-hybridized carbons (Fsp3) is 0.500. The molecule has 0 saturated heterocycles. The first-order chi connectivity index (χ1) is 8.81. The number of ether oxygens (including phenoxy) is 1. The minimum absolute atomic E-state index is 0.0565. The smallest absolute Gasteiger partial charge is 0.137 e. The van der Waals surface area contributed by atoms with Crippen LogP contribution in [-0.4, -0.2) is 29.9 Å². The van der Waals surface area contributed by atoms with Gasteiger partial charge in [0, 0.05) is 17.1 Å². The lowest BCUT2D eigenvalue weighted by Crippen LogP contribution is -2.42. The van der Waals surface area contributed by atoms with E-state index in [0.717, 1.165) is 0 Å². The quantitative estimate of drug-likeness (QED) is 0.870. The first kappa shape index (κ1) is 15.8. The van der Waals surface area contributed by atoms with Crippen LogP contribution in [0.25, 0.3) is 0 Å². The number of nitriles is 1. The third kappa shape index (κ3) is 5.93. The molecule has 0 radical (unpaired) electrons. The number of β-amino-alcohol motifs (C(OH)–C–C–N with tert-alkyl or cyclic N) is 1. The fourth-order valence-electron chi connectivity index (χ4n) is 1.38. The molecular weight excluding hydrogens is 264 g/mol. The van der Waals surface area contributed by atoms with Gasteiger partial charge in [-0.3, -0.25) is 0 Å². The summed E-state index contributed by atoms with van der Waals surface area (Å²) in [5.74, 6) is 0.432. The van der Waals surface area contributed by atoms with Gasteiger partial charge in [-0.05, 0) is 39.0 Å². The van der Waals surface area contributed by atoms with Crippen LogP contribution in [0.5, 0.6) is 5.75 Å². The second-order valence-electron chi connectivity index (χ2n) is 5.35. The Labute approximate surface area is 119 Å². The third-order valence-electron chi connectivity index (χ3n) is 2.36. The maximum absolute atomic E-state index is 9.80. The normalized spacial score (nSPS) is 12.8. The van der Waals surface area contributed by atoms with Gasteiger partial charge >= 0.3 is 0 Å². The number of benzene rings is 1. The predicted molar refractivity (Wildman–Crippen MR) is 75.4 cm³/mol. The maximum Gasteiger partial charge on any atom is 0.137 e. The van der Waals surface area contributed by atoms with Crippen molar-refractivity contribution in [1.82, 2.24) is 5.32 Å². The molecule has 0 amide bonds. The van der Waals surface area contributed by atoms with Crippen LogP contribution in [0.3, 0.4) is 0 Å². The summed E-state index contributed by atoms with van der Waals surface area (Å²) < 4.78 is 5.44. The van der Waals surface area contributed by atoms with Crippen molar-refractivity contribution in [2.45, 2.75) is 32.4 Å². The van der Waals surface area contributed by atoms with E-state index < -0.39 is 6.10 Å². The summed E-state index contributed by atoms with van der Waals surface area (Å²) in [6.07, 6.45) is -0.638. The maximum atomic E-state index is 9.80. The third-order valence-corrected chi connectivity index (χ3v) is 2.60. The Balaban J connectivity index is 2.51. The van der Waals surface area contributed by atoms with Crippen molar-refractivity contribution >= 4 is 11.6 Å². The Morgan fingerprint density at radius 1 is 1.47 bits per heavy atom. The second-order valence-corrected chi connectivity index (χ2v) is 5.78. The summed E-state index contributed by atoms with van der Waals surface area (Å²) >= 11 is 5.79. The van der Waals surface area contributed by atoms with Gasteiger partial charge in [-0.1, -0.05) is 11.6 Å². The summed E-state index contributed by atoms with van der Waals surface area (Å²) in [6.45, 7) is 6.62. The second kappa shape index (κ2) is 6.76. The molecule has 0 aliphatic rings. The zero-order valence-corrected chi connectivity index (χ0v) is 12.2. The summed E-state index contributed by atoms with van der Waals surface area (Å²) in [4.78, 5) is 0. The summed E-state index contributed by atoms with van der Waals surface area (Å²) in [6, 6.07) is 6.83. The molecule has 0 aromatic heterocycles. The van der Waals surface area contributed by atoms with Gasteiger partial charge in [-0.2, -0.15) is 5.26 Å². The average molecular weight is 283 g/mol. The van der Waals surface area contributed by atoms with E-state index in [-0.39, 0.29) is 12.1 Å². The van der Waals surface area contributed by atoms with Gasteiger partial charge in [0.15, 0.2) is 0 Å². The van der Waals surface area contributed by atoms with Crippen molar-refractivity contribution in [3.05, 3.63) is 28.8 Å². The van der Waals surface area contributed by atoms with Crippen LogP contribution >= 0.6 is 11.6 Å². The van der Waals surface area contributed by atoms with E-state index in [4.69, 9.17) is 21.6 Å². The zero-order chi connectivity index (χ0) is 14.5. The van der Waals surface area contributed by atoms with Gasteiger partial charge in [0.05, 0.1) is 5.56 Å². The number of nitrogens with one attached hydrogen (secondary N) is 1. The van der Waals surface area contributed by atoms with E-state index in [9.17, 15) is 5.11 Å². The Bertz CT molecular complexity index is 463. The minimum Gasteiger partial charge on any atom is -0.489 e. The van der Waals surface area contributed by atoms with Crippen molar-refractivity contribution in [3.63, 3.8) is 0 Å². The molecule has 19 heavy (non-hydrogen) atoms. The van der Waals surface area contributed by atoms with Gasteiger partial charge in [0.1, 0.15) is 24.5 Å². The Hall–Kier alpha value is -1.28. The highest BCUT2D eigenvalue weighted by atomic mass is 35.5. The summed E-state index contributed by atoms with van der Waals surface area (Å²) in [7, 11) is 0. The number of nitrogens with zero attached hydrogens (tertiary/aromatic N) is 1. The molecule has 1 unspecified atom stereocenters. The largest absolute Gasteiger partial charge is 0.489 e. The molecule has 0 aliphatic carbocycles. The van der Waals surface area contributed by atoms with E-state index in [1.165, 1.54) is 6.07 Å². The first-order valence-corrected chi connectivity index (χ1v) is 6.45. The van der Waals surface area contributed by atoms with E-state index in [0.29, 0.717) is 22.9 Å². The van der Waals surface area contributed by atoms with Crippen LogP contribution in [0, 0.1) is 11.3 Å². The topological polar surface area (TPSA) is 65.3 Å². The molecule has 1 aromatic rings. The standard InChI is InChI=1S/C14H19ClN2O2/c1-14(2,3)17-8-12(18)9-19-13-5-4-11(15)6-10(13)7-16/h4-6,12,17-18H,8-9H2,1-3H3. The van der Waals surface area contributed by atoms with Crippen molar-refractivity contribution in [2.75, 3.05) is 13.2 Å². The van der Waals surface area contributed by atoms with E-state index in [1.54, 1.807) is 12.1 Å². The predicted octanol–water partition coefficient (Wildman–Crippen LogP) is 2.34. The highest BCUT2D eigenvalue weighted by molar-refractivity contribution is 6.30. The number of hydrogen-bond donors (Lipinski definition) is 2. The summed E-state index contributed by atoms with van der Waals surface area (Å²) in [5.41, 5.74) is 0.308. The minimum atomic E-state index is -0.638. The molecule has 0 heterocycles. The first-order valence-electron chi connectivity index (χ1n) is 6.07. The molecule has 0 fully saturated rings. The Morgan fingerprint density at radius 3 is 2.74 bits per heavy atom. The number of aliphatic hydroxyl groups excluding tert-OH is 1. The molecule has 0 saturated carbocycles. The van der Waals surface area contributed by atoms with E-state index in [1.807, 2.05) is 26.8 Å². The Morgan fingerprint density at radius 2 is 2.16 bits per heavy atom. The van der Waals surface area contributed by atoms with Crippen LogP contribution in [0.2, 0.25) is 5.02 Å². The van der Waals surface area contributed by atoms with Crippen LogP contribution in [0.15, 0.2) is 18.2 Å². The van der Waals surface area contributed by atoms with Crippen molar-refractivity contribution in [3.8, 4) is 11.8 Å². The Kier molecular flexibility index (Phi) is 5.61. The van der Waals surface area contributed by atoms with Crippen LogP contribution in [0.1, 0.15) is 26.3 Å². The lowest BCUT2D eigenvalue weighted by Gasteiger charge is -2.23. The lowest BCUT2D eigenvalue weighted by molar-refractivity contribution is 0.0999. The van der Waals surface area contributed by atoms with E-state index in [2.05, 4.69) is 5.32 Å². The monoisotopic (exact) mass is 282 g/mol. The molecule has 1 atom stereocenters. The molecule has 1 rings (SSSR count). The molecule has 2 N–H and O–H groups in total. The highest BCUT2D eigenvalue weighted by Crippen LogP contribution is 2.22. The van der Waals surface area contributed by atoms with Gasteiger partial charge in [0.2, 0.25) is 0 Å². The van der Waals surface area contributed by atoms with Crippen molar-refractivity contribution in [2.24, 2.45) is 0 Å². The summed E-state index contributed by atoms with van der Waals surface area (Å²) in [5, 5.41) is 22.4. The number of rotatable bonds is 5. The molecule has 4 nitrogen and oxygen atoms in total. The molecule has 0 spiro atoms. The van der Waals surface area contributed by atoms with Crippen LogP contribution in [0.4, 0.5) is 0 Å².